The van der Waals surface area contributed by atoms with Gasteiger partial charge in [0.1, 0.15) is 11.8 Å². The molecule has 14 nitrogen and oxygen atoms in total. The SMILES string of the molecule is COc1cc(/C=N\NC(=O)[C@H](C)Nc2n[nH]c(=O)[nH]c2=O)cc([N+](=O)[O-])c1[O-]. The van der Waals surface area contributed by atoms with Gasteiger partial charge in [-0.05, 0) is 13.0 Å². The minimum atomic E-state index is -0.968. The number of carbonyl (C=O) groups is 1. The molecule has 0 unspecified atom stereocenters. The molecule has 2 rings (SSSR count). The number of methoxy groups -OCH3 is 1. The standard InChI is InChI=1S/C14H15N7O7/c1-6(16-11-13(24)17-14(25)20-18-11)12(23)19-15-5-7-3-8(21(26)27)10(22)9(4-7)28-2/h3-6,22H,1-2H3,(H,16,18)(H,19,23)(H2,17,20,24,25)/p-1/b15-5-/t6-/m0/s1. The summed E-state index contributed by atoms with van der Waals surface area (Å²) in [6, 6.07) is 1.23. The van der Waals surface area contributed by atoms with Crippen molar-refractivity contribution in [3.05, 3.63) is 48.6 Å². The van der Waals surface area contributed by atoms with Gasteiger partial charge in [0.15, 0.2) is 0 Å². The molecule has 0 spiro atoms. The summed E-state index contributed by atoms with van der Waals surface area (Å²) in [5, 5.41) is 34.2. The van der Waals surface area contributed by atoms with Crippen LogP contribution in [0.4, 0.5) is 11.5 Å². The Hall–Kier alpha value is -4.23. The zero-order valence-corrected chi connectivity index (χ0v) is 14.5. The number of amides is 1. The average Bonchev–Trinajstić information content (AvgIpc) is 2.64. The van der Waals surface area contributed by atoms with Crippen LogP contribution < -0.4 is 31.8 Å². The first-order valence-corrected chi connectivity index (χ1v) is 7.54. The van der Waals surface area contributed by atoms with E-state index in [-0.39, 0.29) is 17.1 Å². The molecule has 1 aromatic carbocycles. The first-order chi connectivity index (χ1) is 13.2. The Kier molecular flexibility index (Phi) is 6.05. The minimum Gasteiger partial charge on any atom is -0.865 e. The highest BCUT2D eigenvalue weighted by Gasteiger charge is 2.15. The topological polar surface area (TPSA) is 208 Å². The number of H-pyrrole nitrogens is 2. The van der Waals surface area contributed by atoms with Crippen molar-refractivity contribution >= 4 is 23.6 Å². The summed E-state index contributed by atoms with van der Waals surface area (Å²) >= 11 is 0. The molecule has 2 aromatic rings. The van der Waals surface area contributed by atoms with Crippen molar-refractivity contribution in [2.24, 2.45) is 5.10 Å². The number of ether oxygens (including phenoxy) is 1. The van der Waals surface area contributed by atoms with Gasteiger partial charge in [-0.25, -0.2) is 15.3 Å². The van der Waals surface area contributed by atoms with Gasteiger partial charge in [0.05, 0.1) is 18.2 Å². The number of nitrogens with one attached hydrogen (secondary N) is 4. The summed E-state index contributed by atoms with van der Waals surface area (Å²) in [5.74, 6) is -2.09. The van der Waals surface area contributed by atoms with Crippen molar-refractivity contribution in [3.8, 4) is 11.5 Å². The zero-order valence-electron chi connectivity index (χ0n) is 14.5. The average molecular weight is 392 g/mol. The van der Waals surface area contributed by atoms with Crippen LogP contribution in [0.5, 0.6) is 11.5 Å². The van der Waals surface area contributed by atoms with Gasteiger partial charge in [0.2, 0.25) is 5.82 Å². The van der Waals surface area contributed by atoms with Gasteiger partial charge >= 0.3 is 5.69 Å². The fourth-order valence-corrected chi connectivity index (χ4v) is 1.95. The monoisotopic (exact) mass is 392 g/mol. The van der Waals surface area contributed by atoms with Crippen LogP contribution in [-0.4, -0.2) is 45.4 Å². The van der Waals surface area contributed by atoms with Crippen LogP contribution in [-0.2, 0) is 4.79 Å². The van der Waals surface area contributed by atoms with E-state index in [0.717, 1.165) is 12.3 Å². The third-order valence-electron chi connectivity index (χ3n) is 3.32. The highest BCUT2D eigenvalue weighted by Crippen LogP contribution is 2.33. The number of benzene rings is 1. The molecule has 1 atom stereocenters. The van der Waals surface area contributed by atoms with Crippen LogP contribution in [0.25, 0.3) is 0 Å². The lowest BCUT2D eigenvalue weighted by atomic mass is 10.2. The van der Waals surface area contributed by atoms with Crippen LogP contribution in [0.1, 0.15) is 12.5 Å². The predicted octanol–water partition coefficient (Wildman–Crippen LogP) is -1.60. The summed E-state index contributed by atoms with van der Waals surface area (Å²) in [6.45, 7) is 1.40. The van der Waals surface area contributed by atoms with E-state index in [0.29, 0.717) is 0 Å². The molecule has 0 saturated heterocycles. The number of hydrogen-bond donors (Lipinski definition) is 4. The minimum absolute atomic E-state index is 0.141. The molecule has 28 heavy (non-hydrogen) atoms. The lowest BCUT2D eigenvalue weighted by molar-refractivity contribution is -0.398. The lowest BCUT2D eigenvalue weighted by Gasteiger charge is -2.13. The molecular formula is C14H14N7O7-. The van der Waals surface area contributed by atoms with Gasteiger partial charge in [0, 0.05) is 17.4 Å². The van der Waals surface area contributed by atoms with E-state index in [1.54, 1.807) is 0 Å². The van der Waals surface area contributed by atoms with Gasteiger partial charge < -0.3 is 15.2 Å². The van der Waals surface area contributed by atoms with Crippen molar-refractivity contribution in [2.45, 2.75) is 13.0 Å². The number of hydrazone groups is 1. The molecule has 0 bridgehead atoms. The number of nitrogens with zero attached hydrogens (tertiary/aromatic N) is 3. The fourth-order valence-electron chi connectivity index (χ4n) is 1.95. The Labute approximate surface area is 155 Å². The fraction of sp³-hybridized carbons (Fsp3) is 0.214. The second-order valence-electron chi connectivity index (χ2n) is 5.28. The summed E-state index contributed by atoms with van der Waals surface area (Å²) in [4.78, 5) is 46.4. The largest absolute Gasteiger partial charge is 0.865 e. The van der Waals surface area contributed by atoms with E-state index in [1.165, 1.54) is 20.1 Å². The number of hydrogen-bond acceptors (Lipinski definition) is 10. The van der Waals surface area contributed by atoms with Crippen molar-refractivity contribution < 1.29 is 19.6 Å². The Morgan fingerprint density at radius 3 is 2.75 bits per heavy atom. The smallest absolute Gasteiger partial charge is 0.342 e. The molecule has 1 heterocycles. The molecule has 148 valence electrons. The number of anilines is 1. The molecule has 1 aromatic heterocycles. The second-order valence-corrected chi connectivity index (χ2v) is 5.28. The molecule has 0 aliphatic rings. The zero-order chi connectivity index (χ0) is 20.8. The Morgan fingerprint density at radius 1 is 1.43 bits per heavy atom. The number of nitro groups is 1. The van der Waals surface area contributed by atoms with Crippen LogP contribution in [0.3, 0.4) is 0 Å². The molecule has 0 radical (unpaired) electrons. The number of aromatic amines is 2. The molecule has 0 aliphatic heterocycles. The molecule has 0 saturated carbocycles. The van der Waals surface area contributed by atoms with E-state index < -0.39 is 39.6 Å². The summed E-state index contributed by atoms with van der Waals surface area (Å²) in [5.41, 5.74) is -0.0275. The van der Waals surface area contributed by atoms with Crippen molar-refractivity contribution in [1.82, 2.24) is 20.6 Å². The molecule has 1 amide bonds. The van der Waals surface area contributed by atoms with Gasteiger partial charge in [0.25, 0.3) is 17.2 Å². The second kappa shape index (κ2) is 8.43. The number of aromatic nitrogens is 3. The maximum atomic E-state index is 12.0. The highest BCUT2D eigenvalue weighted by molar-refractivity contribution is 5.87. The molecule has 14 heteroatoms. The normalized spacial score (nSPS) is 11.8. The number of rotatable bonds is 7. The summed E-state index contributed by atoms with van der Waals surface area (Å²) in [7, 11) is 1.18. The highest BCUT2D eigenvalue weighted by atomic mass is 16.6. The van der Waals surface area contributed by atoms with Gasteiger partial charge in [-0.2, -0.15) is 5.10 Å². The third kappa shape index (κ3) is 4.69. The van der Waals surface area contributed by atoms with Gasteiger partial charge in [-0.1, -0.05) is 0 Å². The molecule has 4 N–H and O–H groups in total. The predicted molar refractivity (Wildman–Crippen MR) is 93.4 cm³/mol. The Morgan fingerprint density at radius 2 is 2.14 bits per heavy atom. The van der Waals surface area contributed by atoms with Crippen LogP contribution in [0.15, 0.2) is 26.8 Å². The van der Waals surface area contributed by atoms with Crippen LogP contribution in [0.2, 0.25) is 0 Å². The van der Waals surface area contributed by atoms with E-state index in [1.807, 2.05) is 10.1 Å². The quantitative estimate of drug-likeness (QED) is 0.242. The van der Waals surface area contributed by atoms with Crippen molar-refractivity contribution in [1.29, 1.82) is 0 Å². The number of carbonyl (C=O) groups excluding carboxylic acids is 1. The molecule has 0 fully saturated rings. The first-order valence-electron chi connectivity index (χ1n) is 7.54. The van der Waals surface area contributed by atoms with Crippen molar-refractivity contribution in [3.63, 3.8) is 0 Å². The van der Waals surface area contributed by atoms with Crippen LogP contribution in [0, 0.1) is 10.1 Å². The lowest BCUT2D eigenvalue weighted by Crippen LogP contribution is -2.38. The molecular weight excluding hydrogens is 378 g/mol. The van der Waals surface area contributed by atoms with Crippen LogP contribution >= 0.6 is 0 Å². The summed E-state index contributed by atoms with van der Waals surface area (Å²) < 4.78 is 4.79. The van der Waals surface area contributed by atoms with E-state index in [9.17, 15) is 29.6 Å². The third-order valence-corrected chi connectivity index (χ3v) is 3.32. The van der Waals surface area contributed by atoms with E-state index in [2.05, 4.69) is 20.9 Å². The van der Waals surface area contributed by atoms with E-state index in [4.69, 9.17) is 4.74 Å². The maximum Gasteiger partial charge on any atom is 0.342 e. The maximum absolute atomic E-state index is 12.0. The number of nitro benzene ring substituents is 1. The Bertz CT molecular complexity index is 1040. The molecule has 0 aliphatic carbocycles. The first kappa shape index (κ1) is 20.1. The van der Waals surface area contributed by atoms with Gasteiger partial charge in [-0.15, -0.1) is 5.10 Å². The van der Waals surface area contributed by atoms with Crippen molar-refractivity contribution in [2.75, 3.05) is 12.4 Å². The Balaban J connectivity index is 2.08. The van der Waals surface area contributed by atoms with E-state index >= 15 is 0 Å². The van der Waals surface area contributed by atoms with Gasteiger partial charge in [-0.3, -0.25) is 24.7 Å². The summed E-state index contributed by atoms with van der Waals surface area (Å²) in [6.07, 6.45) is 1.07.